The molecule has 3 atom stereocenters. The normalized spacial score (nSPS) is 23.3. The van der Waals surface area contributed by atoms with Crippen LogP contribution in [-0.2, 0) is 14.3 Å². The fourth-order valence-corrected chi connectivity index (χ4v) is 2.52. The quantitative estimate of drug-likeness (QED) is 0.471. The van der Waals surface area contributed by atoms with Gasteiger partial charge in [-0.15, -0.1) is 0 Å². The molecule has 0 spiro atoms. The highest BCUT2D eigenvalue weighted by atomic mass is 16.5. The zero-order chi connectivity index (χ0) is 14.5. The topological polar surface area (TPSA) is 52.6 Å². The molecule has 1 saturated heterocycles. The smallest absolute Gasteiger partial charge is 0.319 e. The molecular formula is C16H20O4. The maximum Gasteiger partial charge on any atom is 0.319 e. The van der Waals surface area contributed by atoms with Gasteiger partial charge in [-0.3, -0.25) is 9.59 Å². The number of carbonyl (C=O) groups excluding carboxylic acids is 2. The van der Waals surface area contributed by atoms with Crippen molar-refractivity contribution in [1.29, 1.82) is 0 Å². The van der Waals surface area contributed by atoms with E-state index in [-0.39, 0.29) is 24.6 Å². The molecule has 4 heteroatoms. The maximum atomic E-state index is 12.6. The first-order valence-electron chi connectivity index (χ1n) is 7.04. The van der Waals surface area contributed by atoms with Gasteiger partial charge in [0.1, 0.15) is 5.92 Å². The third kappa shape index (κ3) is 3.25. The van der Waals surface area contributed by atoms with E-state index in [0.29, 0.717) is 12.0 Å². The second kappa shape index (κ2) is 6.66. The molecule has 1 aliphatic rings. The van der Waals surface area contributed by atoms with Crippen LogP contribution in [0.5, 0.6) is 0 Å². The van der Waals surface area contributed by atoms with Crippen molar-refractivity contribution in [1.82, 2.24) is 0 Å². The Bertz CT molecular complexity index is 469. The van der Waals surface area contributed by atoms with Crippen LogP contribution in [0.25, 0.3) is 0 Å². The predicted octanol–water partition coefficient (Wildman–Crippen LogP) is 2.62. The molecule has 0 radical (unpaired) electrons. The molecule has 1 heterocycles. The van der Waals surface area contributed by atoms with Crippen molar-refractivity contribution >= 4 is 11.8 Å². The van der Waals surface area contributed by atoms with Gasteiger partial charge in [-0.25, -0.2) is 0 Å². The number of ether oxygens (including phenoxy) is 2. The minimum absolute atomic E-state index is 0.0838. The van der Waals surface area contributed by atoms with Gasteiger partial charge in [0.2, 0.25) is 0 Å². The summed E-state index contributed by atoms with van der Waals surface area (Å²) in [6.45, 7) is 3.95. The van der Waals surface area contributed by atoms with Crippen LogP contribution in [0.1, 0.15) is 37.0 Å². The summed E-state index contributed by atoms with van der Waals surface area (Å²) in [6, 6.07) is 8.84. The van der Waals surface area contributed by atoms with Crippen molar-refractivity contribution in [3.8, 4) is 0 Å². The number of esters is 1. The predicted molar refractivity (Wildman–Crippen MR) is 74.5 cm³/mol. The summed E-state index contributed by atoms with van der Waals surface area (Å²) >= 11 is 0. The van der Waals surface area contributed by atoms with Crippen LogP contribution in [0.4, 0.5) is 0 Å². The zero-order valence-corrected chi connectivity index (χ0v) is 11.9. The SMILES string of the molecule is CCOC(=O)C(C(=O)c1ccccc1)C1CCC(C)O1. The zero-order valence-electron chi connectivity index (χ0n) is 11.9. The molecule has 4 nitrogen and oxygen atoms in total. The Morgan fingerprint density at radius 3 is 2.55 bits per heavy atom. The van der Waals surface area contributed by atoms with Gasteiger partial charge in [-0.05, 0) is 26.7 Å². The summed E-state index contributed by atoms with van der Waals surface area (Å²) in [6.07, 6.45) is 1.28. The summed E-state index contributed by atoms with van der Waals surface area (Å²) in [5, 5.41) is 0. The lowest BCUT2D eigenvalue weighted by molar-refractivity contribution is -0.150. The molecule has 3 unspecified atom stereocenters. The molecule has 20 heavy (non-hydrogen) atoms. The number of carbonyl (C=O) groups is 2. The molecule has 0 N–H and O–H groups in total. The second-order valence-corrected chi connectivity index (χ2v) is 5.02. The Morgan fingerprint density at radius 1 is 1.30 bits per heavy atom. The summed E-state index contributed by atoms with van der Waals surface area (Å²) in [7, 11) is 0. The van der Waals surface area contributed by atoms with Crippen molar-refractivity contribution in [2.24, 2.45) is 5.92 Å². The Balaban J connectivity index is 2.22. The number of ketones is 1. The van der Waals surface area contributed by atoms with Gasteiger partial charge in [0.05, 0.1) is 18.8 Å². The first-order valence-corrected chi connectivity index (χ1v) is 7.04. The van der Waals surface area contributed by atoms with Crippen molar-refractivity contribution in [2.45, 2.75) is 38.9 Å². The Kier molecular flexibility index (Phi) is 4.90. The molecule has 108 valence electrons. The highest BCUT2D eigenvalue weighted by Gasteiger charge is 2.40. The van der Waals surface area contributed by atoms with Gasteiger partial charge in [-0.1, -0.05) is 30.3 Å². The van der Waals surface area contributed by atoms with Crippen molar-refractivity contribution in [2.75, 3.05) is 6.61 Å². The molecule has 0 aromatic heterocycles. The maximum absolute atomic E-state index is 12.6. The molecule has 0 saturated carbocycles. The third-order valence-corrected chi connectivity index (χ3v) is 3.52. The van der Waals surface area contributed by atoms with E-state index >= 15 is 0 Å². The Morgan fingerprint density at radius 2 is 2.00 bits per heavy atom. The van der Waals surface area contributed by atoms with E-state index in [4.69, 9.17) is 9.47 Å². The van der Waals surface area contributed by atoms with E-state index in [1.54, 1.807) is 31.2 Å². The lowest BCUT2D eigenvalue weighted by Gasteiger charge is -2.21. The first kappa shape index (κ1) is 14.7. The standard InChI is InChI=1S/C16H20O4/c1-3-19-16(18)14(13-10-9-11(2)20-13)15(17)12-7-5-4-6-8-12/h4-8,11,13-14H,3,9-10H2,1-2H3. The highest BCUT2D eigenvalue weighted by molar-refractivity contribution is 6.09. The first-order chi connectivity index (χ1) is 9.63. The Labute approximate surface area is 119 Å². The van der Waals surface area contributed by atoms with Crippen LogP contribution in [0.3, 0.4) is 0 Å². The minimum atomic E-state index is -0.859. The van der Waals surface area contributed by atoms with E-state index < -0.39 is 11.9 Å². The Hall–Kier alpha value is -1.68. The highest BCUT2D eigenvalue weighted by Crippen LogP contribution is 2.28. The van der Waals surface area contributed by atoms with Crippen LogP contribution in [0, 0.1) is 5.92 Å². The lowest BCUT2D eigenvalue weighted by atomic mass is 9.91. The summed E-state index contributed by atoms with van der Waals surface area (Å²) < 4.78 is 10.8. The van der Waals surface area contributed by atoms with Gasteiger partial charge in [0, 0.05) is 5.56 Å². The van der Waals surface area contributed by atoms with Crippen LogP contribution < -0.4 is 0 Å². The van der Waals surface area contributed by atoms with E-state index in [1.807, 2.05) is 13.0 Å². The molecule has 1 aromatic rings. The van der Waals surface area contributed by atoms with Gasteiger partial charge < -0.3 is 9.47 Å². The third-order valence-electron chi connectivity index (χ3n) is 3.52. The van der Waals surface area contributed by atoms with E-state index in [1.165, 1.54) is 0 Å². The molecule has 1 aromatic carbocycles. The number of benzene rings is 1. The van der Waals surface area contributed by atoms with Crippen LogP contribution in [0.15, 0.2) is 30.3 Å². The number of Topliss-reactive ketones (excluding diaryl/α,β-unsaturated/α-hetero) is 1. The van der Waals surface area contributed by atoms with Crippen molar-refractivity contribution in [3.63, 3.8) is 0 Å². The fourth-order valence-electron chi connectivity index (χ4n) is 2.52. The number of hydrogen-bond donors (Lipinski definition) is 0. The molecule has 1 aliphatic heterocycles. The second-order valence-electron chi connectivity index (χ2n) is 5.02. The van der Waals surface area contributed by atoms with Gasteiger partial charge in [0.15, 0.2) is 5.78 Å². The van der Waals surface area contributed by atoms with Crippen LogP contribution in [0.2, 0.25) is 0 Å². The number of rotatable bonds is 5. The van der Waals surface area contributed by atoms with E-state index in [9.17, 15) is 9.59 Å². The van der Waals surface area contributed by atoms with Crippen molar-refractivity contribution < 1.29 is 19.1 Å². The van der Waals surface area contributed by atoms with Gasteiger partial charge in [-0.2, -0.15) is 0 Å². The fraction of sp³-hybridized carbons (Fsp3) is 0.500. The van der Waals surface area contributed by atoms with Crippen LogP contribution in [-0.4, -0.2) is 30.6 Å². The molecular weight excluding hydrogens is 256 g/mol. The van der Waals surface area contributed by atoms with Gasteiger partial charge in [0.25, 0.3) is 0 Å². The van der Waals surface area contributed by atoms with E-state index in [2.05, 4.69) is 0 Å². The summed E-state index contributed by atoms with van der Waals surface area (Å²) in [5.41, 5.74) is 0.522. The average Bonchev–Trinajstić information content (AvgIpc) is 2.86. The molecule has 0 amide bonds. The van der Waals surface area contributed by atoms with Crippen LogP contribution >= 0.6 is 0 Å². The monoisotopic (exact) mass is 276 g/mol. The molecule has 1 fully saturated rings. The van der Waals surface area contributed by atoms with E-state index in [0.717, 1.165) is 6.42 Å². The largest absolute Gasteiger partial charge is 0.465 e. The lowest BCUT2D eigenvalue weighted by Crippen LogP contribution is -2.36. The minimum Gasteiger partial charge on any atom is -0.465 e. The summed E-state index contributed by atoms with van der Waals surface area (Å²) in [4.78, 5) is 24.7. The van der Waals surface area contributed by atoms with Gasteiger partial charge >= 0.3 is 5.97 Å². The summed E-state index contributed by atoms with van der Waals surface area (Å²) in [5.74, 6) is -1.56. The van der Waals surface area contributed by atoms with Crippen molar-refractivity contribution in [3.05, 3.63) is 35.9 Å². The number of hydrogen-bond acceptors (Lipinski definition) is 4. The average molecular weight is 276 g/mol. The molecule has 0 bridgehead atoms. The molecule has 0 aliphatic carbocycles. The molecule has 2 rings (SSSR count).